The van der Waals surface area contributed by atoms with E-state index in [-0.39, 0.29) is 11.7 Å². The summed E-state index contributed by atoms with van der Waals surface area (Å²) in [6, 6.07) is 3.72. The van der Waals surface area contributed by atoms with Gasteiger partial charge in [-0.2, -0.15) is 0 Å². The molecule has 20 heavy (non-hydrogen) atoms. The normalized spacial score (nSPS) is 12.8. The Hall–Kier alpha value is -1.36. The highest BCUT2D eigenvalue weighted by Crippen LogP contribution is 2.15. The van der Waals surface area contributed by atoms with Crippen molar-refractivity contribution in [3.8, 4) is 0 Å². The molecule has 0 saturated heterocycles. The summed E-state index contributed by atoms with van der Waals surface area (Å²) in [5.74, 6) is 0.413. The summed E-state index contributed by atoms with van der Waals surface area (Å²) >= 11 is 1.47. The second-order valence-corrected chi connectivity index (χ2v) is 6.87. The summed E-state index contributed by atoms with van der Waals surface area (Å²) in [5, 5.41) is 4.63. The van der Waals surface area contributed by atoms with Gasteiger partial charge in [-0.3, -0.25) is 4.79 Å². The average molecular weight is 297 g/mol. The summed E-state index contributed by atoms with van der Waals surface area (Å²) in [5.41, 5.74) is -0.484. The number of rotatable bonds is 6. The van der Waals surface area contributed by atoms with Crippen LogP contribution in [0.1, 0.15) is 50.2 Å². The molecule has 0 spiro atoms. The molecule has 0 aliphatic carbocycles. The zero-order valence-electron chi connectivity index (χ0n) is 12.6. The van der Waals surface area contributed by atoms with Crippen molar-refractivity contribution in [1.82, 2.24) is 5.32 Å². The maximum Gasteiger partial charge on any atom is 0.407 e. The molecule has 1 amide bonds. The van der Waals surface area contributed by atoms with Crippen LogP contribution in [0.15, 0.2) is 17.5 Å². The Bertz CT molecular complexity index is 434. The van der Waals surface area contributed by atoms with Gasteiger partial charge >= 0.3 is 6.09 Å². The minimum Gasteiger partial charge on any atom is -0.444 e. The molecule has 1 unspecified atom stereocenters. The molecule has 1 atom stereocenters. The molecule has 0 fully saturated rings. The lowest BCUT2D eigenvalue weighted by atomic mass is 10.0. The summed E-state index contributed by atoms with van der Waals surface area (Å²) in [6.45, 7) is 8.02. The smallest absolute Gasteiger partial charge is 0.407 e. The van der Waals surface area contributed by atoms with Gasteiger partial charge in [0.15, 0.2) is 5.78 Å². The van der Waals surface area contributed by atoms with Gasteiger partial charge in [0.05, 0.1) is 4.88 Å². The number of ketones is 1. The van der Waals surface area contributed by atoms with Gasteiger partial charge < -0.3 is 10.1 Å². The fraction of sp³-hybridized carbons (Fsp3) is 0.600. The number of alkyl carbamates (subject to hydrolysis) is 1. The van der Waals surface area contributed by atoms with Gasteiger partial charge in [0.2, 0.25) is 0 Å². The number of hydrogen-bond donors (Lipinski definition) is 1. The van der Waals surface area contributed by atoms with E-state index in [1.165, 1.54) is 11.3 Å². The molecular weight excluding hydrogens is 274 g/mol. The van der Waals surface area contributed by atoms with Gasteiger partial charge in [-0.1, -0.05) is 13.0 Å². The quantitative estimate of drug-likeness (QED) is 0.811. The maximum atomic E-state index is 11.8. The van der Waals surface area contributed by atoms with Crippen molar-refractivity contribution in [2.24, 2.45) is 5.92 Å². The Labute approximate surface area is 124 Å². The highest BCUT2D eigenvalue weighted by Gasteiger charge is 2.16. The number of nitrogens with one attached hydrogen (secondary N) is 1. The Balaban J connectivity index is 2.22. The van der Waals surface area contributed by atoms with Crippen LogP contribution in [0.5, 0.6) is 0 Å². The number of hydrogen-bond acceptors (Lipinski definition) is 4. The van der Waals surface area contributed by atoms with Gasteiger partial charge in [-0.15, -0.1) is 11.3 Å². The number of Topliss-reactive ketones (excluding diaryl/α,β-unsaturated/α-hetero) is 1. The van der Waals surface area contributed by atoms with Gasteiger partial charge in [0.1, 0.15) is 5.60 Å². The van der Waals surface area contributed by atoms with E-state index in [0.717, 1.165) is 11.3 Å². The lowest BCUT2D eigenvalue weighted by Crippen LogP contribution is -2.34. The molecule has 0 radical (unpaired) electrons. The third-order valence-electron chi connectivity index (χ3n) is 2.65. The third kappa shape index (κ3) is 6.70. The van der Waals surface area contributed by atoms with Crippen molar-refractivity contribution in [2.45, 2.75) is 46.1 Å². The van der Waals surface area contributed by atoms with Crippen molar-refractivity contribution in [3.05, 3.63) is 22.4 Å². The number of thiophene rings is 1. The molecule has 0 aliphatic heterocycles. The minimum atomic E-state index is -0.484. The molecule has 1 N–H and O–H groups in total. The Morgan fingerprint density at radius 3 is 2.65 bits per heavy atom. The van der Waals surface area contributed by atoms with E-state index in [4.69, 9.17) is 4.74 Å². The van der Waals surface area contributed by atoms with Crippen LogP contribution in [-0.2, 0) is 4.74 Å². The first-order chi connectivity index (χ1) is 9.28. The number of carbonyl (C=O) groups is 2. The van der Waals surface area contributed by atoms with Crippen molar-refractivity contribution in [1.29, 1.82) is 0 Å². The molecule has 0 aromatic carbocycles. The SMILES string of the molecule is CC(CCC(=O)c1cccs1)CNC(=O)OC(C)(C)C. The predicted octanol–water partition coefficient (Wildman–Crippen LogP) is 3.87. The second kappa shape index (κ2) is 7.43. The predicted molar refractivity (Wildman–Crippen MR) is 81.3 cm³/mol. The summed E-state index contributed by atoms with van der Waals surface area (Å²) < 4.78 is 5.16. The molecule has 0 saturated carbocycles. The third-order valence-corrected chi connectivity index (χ3v) is 3.56. The van der Waals surface area contributed by atoms with E-state index in [1.54, 1.807) is 0 Å². The first-order valence-electron chi connectivity index (χ1n) is 6.81. The molecule has 1 heterocycles. The van der Waals surface area contributed by atoms with Crippen LogP contribution in [0.4, 0.5) is 4.79 Å². The average Bonchev–Trinajstić information content (AvgIpc) is 2.85. The fourth-order valence-electron chi connectivity index (χ4n) is 1.61. The molecule has 1 aromatic rings. The van der Waals surface area contributed by atoms with Crippen LogP contribution in [0.3, 0.4) is 0 Å². The molecule has 5 heteroatoms. The number of ether oxygens (including phenoxy) is 1. The van der Waals surface area contributed by atoms with Gasteiger partial charge in [0, 0.05) is 13.0 Å². The van der Waals surface area contributed by atoms with Crippen LogP contribution in [0.2, 0.25) is 0 Å². The zero-order valence-corrected chi connectivity index (χ0v) is 13.4. The lowest BCUT2D eigenvalue weighted by molar-refractivity contribution is 0.0520. The standard InChI is InChI=1S/C15H23NO3S/c1-11(10-16-14(18)19-15(2,3)4)7-8-12(17)13-6-5-9-20-13/h5-6,9,11H,7-8,10H2,1-4H3,(H,16,18). The molecule has 112 valence electrons. The van der Waals surface area contributed by atoms with Crippen molar-refractivity contribution < 1.29 is 14.3 Å². The van der Waals surface area contributed by atoms with Crippen LogP contribution >= 0.6 is 11.3 Å². The van der Waals surface area contributed by atoms with Crippen molar-refractivity contribution in [3.63, 3.8) is 0 Å². The van der Waals surface area contributed by atoms with Gasteiger partial charge in [-0.25, -0.2) is 4.79 Å². The fourth-order valence-corrected chi connectivity index (χ4v) is 2.31. The summed E-state index contributed by atoms with van der Waals surface area (Å²) in [7, 11) is 0. The van der Waals surface area contributed by atoms with E-state index < -0.39 is 11.7 Å². The van der Waals surface area contributed by atoms with Crippen LogP contribution < -0.4 is 5.32 Å². The first kappa shape index (κ1) is 16.7. The topological polar surface area (TPSA) is 55.4 Å². The van der Waals surface area contributed by atoms with E-state index in [2.05, 4.69) is 5.32 Å². The Kier molecular flexibility index (Phi) is 6.20. The Morgan fingerprint density at radius 1 is 1.40 bits per heavy atom. The van der Waals surface area contributed by atoms with E-state index in [9.17, 15) is 9.59 Å². The summed E-state index contributed by atoms with van der Waals surface area (Å²) in [4.78, 5) is 24.1. The molecule has 1 aromatic heterocycles. The van der Waals surface area contributed by atoms with Crippen molar-refractivity contribution in [2.75, 3.05) is 6.54 Å². The monoisotopic (exact) mass is 297 g/mol. The molecule has 4 nitrogen and oxygen atoms in total. The van der Waals surface area contributed by atoms with E-state index in [0.29, 0.717) is 13.0 Å². The largest absolute Gasteiger partial charge is 0.444 e. The van der Waals surface area contributed by atoms with E-state index in [1.807, 2.05) is 45.2 Å². The molecule has 0 bridgehead atoms. The lowest BCUT2D eigenvalue weighted by Gasteiger charge is -2.20. The molecule has 0 aliphatic rings. The van der Waals surface area contributed by atoms with Crippen molar-refractivity contribution >= 4 is 23.2 Å². The van der Waals surface area contributed by atoms with E-state index >= 15 is 0 Å². The second-order valence-electron chi connectivity index (χ2n) is 5.93. The number of amides is 1. The van der Waals surface area contributed by atoms with Gasteiger partial charge in [-0.05, 0) is 44.6 Å². The zero-order chi connectivity index (χ0) is 15.2. The maximum absolute atomic E-state index is 11.8. The van der Waals surface area contributed by atoms with Gasteiger partial charge in [0.25, 0.3) is 0 Å². The molecule has 1 rings (SSSR count). The Morgan fingerprint density at radius 2 is 2.10 bits per heavy atom. The number of carbonyl (C=O) groups excluding carboxylic acids is 2. The minimum absolute atomic E-state index is 0.170. The van der Waals surface area contributed by atoms with Crippen LogP contribution in [-0.4, -0.2) is 24.0 Å². The summed E-state index contributed by atoms with van der Waals surface area (Å²) in [6.07, 6.45) is 0.860. The van der Waals surface area contributed by atoms with Crippen LogP contribution in [0.25, 0.3) is 0 Å². The van der Waals surface area contributed by atoms with Crippen LogP contribution in [0, 0.1) is 5.92 Å². The molecular formula is C15H23NO3S. The highest BCUT2D eigenvalue weighted by molar-refractivity contribution is 7.12. The highest BCUT2D eigenvalue weighted by atomic mass is 32.1. The first-order valence-corrected chi connectivity index (χ1v) is 7.69.